The Bertz CT molecular complexity index is 1170. The molecule has 1 aromatic heterocycles. The van der Waals surface area contributed by atoms with Gasteiger partial charge in [-0.2, -0.15) is 0 Å². The molecule has 1 amide bonds. The van der Waals surface area contributed by atoms with E-state index >= 15 is 0 Å². The Labute approximate surface area is 203 Å². The van der Waals surface area contributed by atoms with Crippen LogP contribution in [0, 0.1) is 5.82 Å². The monoisotopic (exact) mass is 511 g/mol. The van der Waals surface area contributed by atoms with Crippen LogP contribution in [0.4, 0.5) is 9.39 Å². The maximum absolute atomic E-state index is 13.9. The molecule has 9 heteroatoms. The predicted molar refractivity (Wildman–Crippen MR) is 129 cm³/mol. The molecule has 0 aliphatic rings. The van der Waals surface area contributed by atoms with Crippen LogP contribution in [0.1, 0.15) is 29.3 Å². The summed E-state index contributed by atoms with van der Waals surface area (Å²) in [5.41, 5.74) is 1.35. The van der Waals surface area contributed by atoms with E-state index in [0.717, 1.165) is 17.4 Å². The molecule has 4 nitrogen and oxygen atoms in total. The van der Waals surface area contributed by atoms with Crippen LogP contribution < -0.4 is 5.32 Å². The molecule has 0 radical (unpaired) electrons. The van der Waals surface area contributed by atoms with Crippen molar-refractivity contribution in [2.75, 3.05) is 11.9 Å². The van der Waals surface area contributed by atoms with Crippen molar-refractivity contribution in [1.82, 2.24) is 0 Å². The first kappa shape index (κ1) is 24.3. The third kappa shape index (κ3) is 5.70. The Hall–Kier alpha value is -2.38. The third-order valence-corrected chi connectivity index (χ3v) is 6.06. The number of ether oxygens (including phenoxy) is 1. The Morgan fingerprint density at radius 3 is 2.59 bits per heavy atom. The number of nitrogens with one attached hydrogen (secondary N) is 1. The van der Waals surface area contributed by atoms with Gasteiger partial charge in [0.25, 0.3) is 0 Å². The molecule has 0 unspecified atom stereocenters. The maximum Gasteiger partial charge on any atom is 0.341 e. The number of hydrogen-bond acceptors (Lipinski definition) is 4. The van der Waals surface area contributed by atoms with Crippen LogP contribution in [-0.2, 0) is 9.53 Å². The van der Waals surface area contributed by atoms with E-state index in [1.54, 1.807) is 23.6 Å². The molecule has 0 aliphatic heterocycles. The van der Waals surface area contributed by atoms with Crippen molar-refractivity contribution in [2.45, 2.75) is 13.3 Å². The first-order chi connectivity index (χ1) is 15.3. The highest BCUT2D eigenvalue weighted by Gasteiger charge is 2.24. The van der Waals surface area contributed by atoms with Crippen LogP contribution in [0.2, 0.25) is 15.1 Å². The summed E-state index contributed by atoms with van der Waals surface area (Å²) in [6, 6.07) is 9.14. The van der Waals surface area contributed by atoms with Gasteiger partial charge >= 0.3 is 5.97 Å². The molecule has 3 aromatic rings. The molecular formula is C23H17Cl3FNO3S. The van der Waals surface area contributed by atoms with Gasteiger partial charge in [0.1, 0.15) is 16.4 Å². The summed E-state index contributed by atoms with van der Waals surface area (Å²) in [5.74, 6) is -1.71. The largest absolute Gasteiger partial charge is 0.462 e. The average molecular weight is 513 g/mol. The molecule has 1 heterocycles. The Balaban J connectivity index is 1.93. The minimum atomic E-state index is -0.592. The van der Waals surface area contributed by atoms with Gasteiger partial charge in [0.15, 0.2) is 0 Å². The molecule has 0 spiro atoms. The molecule has 0 fully saturated rings. The van der Waals surface area contributed by atoms with Gasteiger partial charge in [0.05, 0.1) is 11.6 Å². The van der Waals surface area contributed by atoms with Gasteiger partial charge < -0.3 is 10.1 Å². The van der Waals surface area contributed by atoms with Crippen molar-refractivity contribution in [3.8, 4) is 11.1 Å². The fourth-order valence-electron chi connectivity index (χ4n) is 2.81. The number of esters is 1. The van der Waals surface area contributed by atoms with Crippen molar-refractivity contribution in [2.24, 2.45) is 0 Å². The van der Waals surface area contributed by atoms with E-state index in [9.17, 15) is 14.0 Å². The number of carbonyl (C=O) groups excluding carboxylic acids is 2. The number of thiophene rings is 1. The van der Waals surface area contributed by atoms with Gasteiger partial charge in [0, 0.05) is 38.2 Å². The van der Waals surface area contributed by atoms with Crippen LogP contribution in [0.25, 0.3) is 17.2 Å². The van der Waals surface area contributed by atoms with Crippen molar-refractivity contribution >= 4 is 69.1 Å². The van der Waals surface area contributed by atoms with E-state index in [1.807, 2.05) is 6.92 Å². The summed E-state index contributed by atoms with van der Waals surface area (Å²) in [7, 11) is 0. The lowest BCUT2D eigenvalue weighted by Crippen LogP contribution is -2.13. The molecule has 166 valence electrons. The highest BCUT2D eigenvalue weighted by molar-refractivity contribution is 7.15. The second kappa shape index (κ2) is 11.0. The number of halogens is 4. The van der Waals surface area contributed by atoms with Gasteiger partial charge in [-0.1, -0.05) is 53.9 Å². The van der Waals surface area contributed by atoms with Gasteiger partial charge in [0.2, 0.25) is 5.91 Å². The SMILES string of the molecule is CCCOC(=O)c1c(-c2ccc(Cl)cc2Cl)csc1NC(=O)/C=C/c1c(F)cccc1Cl. The summed E-state index contributed by atoms with van der Waals surface area (Å²) >= 11 is 19.4. The van der Waals surface area contributed by atoms with Crippen molar-refractivity contribution in [1.29, 1.82) is 0 Å². The maximum atomic E-state index is 13.9. The molecule has 0 saturated carbocycles. The van der Waals surface area contributed by atoms with Gasteiger partial charge in [-0.3, -0.25) is 4.79 Å². The molecule has 0 aliphatic carbocycles. The van der Waals surface area contributed by atoms with Gasteiger partial charge in [-0.25, -0.2) is 9.18 Å². The standard InChI is InChI=1S/C23H17Cl3FNO3S/c1-2-10-31-23(30)21-16(14-7-6-13(24)11-18(14)26)12-32-22(21)28-20(29)9-8-15-17(25)4-3-5-19(15)27/h3-9,11-12H,2,10H2,1H3,(H,28,29)/b9-8+. The summed E-state index contributed by atoms with van der Waals surface area (Å²) in [5, 5.41) is 5.62. The first-order valence-corrected chi connectivity index (χ1v) is 11.5. The lowest BCUT2D eigenvalue weighted by Gasteiger charge is -2.10. The fourth-order valence-corrected chi connectivity index (χ4v) is 4.50. The van der Waals surface area contributed by atoms with Crippen molar-refractivity contribution in [3.05, 3.63) is 79.9 Å². The van der Waals surface area contributed by atoms with E-state index < -0.39 is 17.7 Å². The predicted octanol–water partition coefficient (Wildman–Crippen LogP) is 7.73. The van der Waals surface area contributed by atoms with Crippen molar-refractivity contribution < 1.29 is 18.7 Å². The minimum absolute atomic E-state index is 0.0895. The highest BCUT2D eigenvalue weighted by atomic mass is 35.5. The Morgan fingerprint density at radius 1 is 1.12 bits per heavy atom. The zero-order chi connectivity index (χ0) is 23.3. The number of hydrogen-bond donors (Lipinski definition) is 1. The quantitative estimate of drug-likeness (QED) is 0.260. The molecule has 0 bridgehead atoms. The van der Waals surface area contributed by atoms with E-state index in [2.05, 4.69) is 5.32 Å². The molecule has 3 rings (SSSR count). The third-order valence-electron chi connectivity index (χ3n) is 4.29. The number of anilines is 1. The van der Waals surface area contributed by atoms with E-state index in [-0.39, 0.29) is 27.8 Å². The lowest BCUT2D eigenvalue weighted by molar-refractivity contribution is -0.111. The zero-order valence-electron chi connectivity index (χ0n) is 16.8. The van der Waals surface area contributed by atoms with Crippen LogP contribution in [-0.4, -0.2) is 18.5 Å². The highest BCUT2D eigenvalue weighted by Crippen LogP contribution is 2.40. The Morgan fingerprint density at radius 2 is 1.91 bits per heavy atom. The van der Waals surface area contributed by atoms with Crippen LogP contribution in [0.3, 0.4) is 0 Å². The normalized spacial score (nSPS) is 11.0. The number of rotatable bonds is 7. The van der Waals surface area contributed by atoms with Crippen LogP contribution in [0.5, 0.6) is 0 Å². The summed E-state index contributed by atoms with van der Waals surface area (Å²) < 4.78 is 19.2. The van der Waals surface area contributed by atoms with Gasteiger partial charge in [-0.15, -0.1) is 11.3 Å². The van der Waals surface area contributed by atoms with Crippen LogP contribution in [0.15, 0.2) is 47.9 Å². The van der Waals surface area contributed by atoms with E-state index in [1.165, 1.54) is 24.3 Å². The van der Waals surface area contributed by atoms with E-state index in [4.69, 9.17) is 39.5 Å². The summed E-state index contributed by atoms with van der Waals surface area (Å²) in [6.45, 7) is 2.10. The smallest absolute Gasteiger partial charge is 0.341 e. The number of carbonyl (C=O) groups is 2. The zero-order valence-corrected chi connectivity index (χ0v) is 19.8. The minimum Gasteiger partial charge on any atom is -0.462 e. The first-order valence-electron chi connectivity index (χ1n) is 9.49. The number of benzene rings is 2. The molecule has 0 atom stereocenters. The second-order valence-electron chi connectivity index (χ2n) is 6.57. The molecular weight excluding hydrogens is 496 g/mol. The van der Waals surface area contributed by atoms with Crippen LogP contribution >= 0.6 is 46.1 Å². The number of amides is 1. The lowest BCUT2D eigenvalue weighted by atomic mass is 10.0. The fraction of sp³-hybridized carbons (Fsp3) is 0.130. The van der Waals surface area contributed by atoms with Gasteiger partial charge in [-0.05, 0) is 36.8 Å². The molecule has 1 N–H and O–H groups in total. The van der Waals surface area contributed by atoms with E-state index in [0.29, 0.717) is 27.6 Å². The van der Waals surface area contributed by atoms with Crippen molar-refractivity contribution in [3.63, 3.8) is 0 Å². The Kier molecular flexibility index (Phi) is 8.32. The molecule has 2 aromatic carbocycles. The molecule has 0 saturated heterocycles. The average Bonchev–Trinajstić information content (AvgIpc) is 3.14. The molecule has 32 heavy (non-hydrogen) atoms. The topological polar surface area (TPSA) is 55.4 Å². The second-order valence-corrected chi connectivity index (χ2v) is 8.70. The summed E-state index contributed by atoms with van der Waals surface area (Å²) in [6.07, 6.45) is 3.05. The summed E-state index contributed by atoms with van der Waals surface area (Å²) in [4.78, 5) is 25.3.